The molecule has 0 spiro atoms. The van der Waals surface area contributed by atoms with Gasteiger partial charge in [0.25, 0.3) is 0 Å². The minimum atomic E-state index is -0.172. The first-order valence-corrected chi connectivity index (χ1v) is 7.34. The third-order valence-corrected chi connectivity index (χ3v) is 5.08. The average Bonchev–Trinajstić information content (AvgIpc) is 2.41. The van der Waals surface area contributed by atoms with Gasteiger partial charge in [-0.15, -0.1) is 0 Å². The van der Waals surface area contributed by atoms with E-state index in [2.05, 4.69) is 24.3 Å². The predicted octanol–water partition coefficient (Wildman–Crippen LogP) is 2.71. The molecule has 2 aliphatic rings. The second kappa shape index (κ2) is 4.67. The van der Waals surface area contributed by atoms with Crippen LogP contribution in [0.1, 0.15) is 55.6 Å². The predicted molar refractivity (Wildman–Crippen MR) is 75.5 cm³/mol. The molecule has 0 heterocycles. The third kappa shape index (κ3) is 1.88. The summed E-state index contributed by atoms with van der Waals surface area (Å²) in [6.45, 7) is 0. The summed E-state index contributed by atoms with van der Waals surface area (Å²) in [5.41, 5.74) is 15.9. The standard InChI is InChI=1S/C16H24N2/c17-15-10-3-4-11-16(15,18)14-9-5-7-12-6-1-2-8-13(12)14/h1-2,6,8,14-15H,3-5,7,9-11,17-18H2/t14-,15?,16?/m1/s1. The molecule has 18 heavy (non-hydrogen) atoms. The minimum Gasteiger partial charge on any atom is -0.326 e. The zero-order valence-corrected chi connectivity index (χ0v) is 11.1. The van der Waals surface area contributed by atoms with Crippen LogP contribution in [0.3, 0.4) is 0 Å². The molecule has 4 N–H and O–H groups in total. The first-order chi connectivity index (χ1) is 8.72. The molecule has 2 nitrogen and oxygen atoms in total. The highest BCUT2D eigenvalue weighted by Gasteiger charge is 2.43. The zero-order valence-electron chi connectivity index (χ0n) is 11.1. The van der Waals surface area contributed by atoms with Gasteiger partial charge in [-0.3, -0.25) is 0 Å². The van der Waals surface area contributed by atoms with Crippen molar-refractivity contribution in [2.24, 2.45) is 11.5 Å². The molecule has 3 atom stereocenters. The summed E-state index contributed by atoms with van der Waals surface area (Å²) >= 11 is 0. The maximum absolute atomic E-state index is 6.77. The second-order valence-corrected chi connectivity index (χ2v) is 6.11. The molecule has 0 amide bonds. The Bertz CT molecular complexity index is 429. The lowest BCUT2D eigenvalue weighted by atomic mass is 9.64. The van der Waals surface area contributed by atoms with Crippen LogP contribution >= 0.6 is 0 Å². The summed E-state index contributed by atoms with van der Waals surface area (Å²) < 4.78 is 0. The van der Waals surface area contributed by atoms with E-state index < -0.39 is 0 Å². The van der Waals surface area contributed by atoms with Crippen LogP contribution in [0, 0.1) is 0 Å². The van der Waals surface area contributed by atoms with Crippen LogP contribution in [0.4, 0.5) is 0 Å². The van der Waals surface area contributed by atoms with Crippen molar-refractivity contribution in [2.75, 3.05) is 0 Å². The molecule has 0 aromatic heterocycles. The SMILES string of the molecule is NC1CCCCC1(N)[C@@H]1CCCc2ccccc21. The van der Waals surface area contributed by atoms with E-state index in [0.717, 1.165) is 12.8 Å². The number of aryl methyl sites for hydroxylation is 1. The number of fused-ring (bicyclic) bond motifs is 1. The zero-order chi connectivity index (χ0) is 12.6. The molecule has 2 heteroatoms. The monoisotopic (exact) mass is 244 g/mol. The van der Waals surface area contributed by atoms with Gasteiger partial charge < -0.3 is 11.5 Å². The molecule has 2 aliphatic carbocycles. The fraction of sp³-hybridized carbons (Fsp3) is 0.625. The lowest BCUT2D eigenvalue weighted by Gasteiger charge is -2.47. The largest absolute Gasteiger partial charge is 0.326 e. The Morgan fingerprint density at radius 2 is 1.89 bits per heavy atom. The van der Waals surface area contributed by atoms with Gasteiger partial charge in [-0.2, -0.15) is 0 Å². The van der Waals surface area contributed by atoms with Crippen molar-refractivity contribution < 1.29 is 0 Å². The van der Waals surface area contributed by atoms with Gasteiger partial charge in [-0.1, -0.05) is 37.1 Å². The van der Waals surface area contributed by atoms with Crippen LogP contribution in [0.5, 0.6) is 0 Å². The molecule has 1 fully saturated rings. The molecule has 0 radical (unpaired) electrons. The molecule has 2 unspecified atom stereocenters. The van der Waals surface area contributed by atoms with Gasteiger partial charge in [-0.05, 0) is 43.2 Å². The van der Waals surface area contributed by atoms with Crippen molar-refractivity contribution >= 4 is 0 Å². The van der Waals surface area contributed by atoms with E-state index in [9.17, 15) is 0 Å². The number of benzene rings is 1. The highest BCUT2D eigenvalue weighted by molar-refractivity contribution is 5.36. The fourth-order valence-electron chi connectivity index (χ4n) is 3.99. The van der Waals surface area contributed by atoms with E-state index >= 15 is 0 Å². The third-order valence-electron chi connectivity index (χ3n) is 5.08. The molecular formula is C16H24N2. The summed E-state index contributed by atoms with van der Waals surface area (Å²) in [5, 5.41) is 0. The molecule has 98 valence electrons. The normalized spacial score (nSPS) is 36.1. The summed E-state index contributed by atoms with van der Waals surface area (Å²) in [6, 6.07) is 9.00. The van der Waals surface area contributed by atoms with Gasteiger partial charge >= 0.3 is 0 Å². The van der Waals surface area contributed by atoms with E-state index in [1.54, 1.807) is 0 Å². The Kier molecular flexibility index (Phi) is 3.16. The van der Waals surface area contributed by atoms with Crippen molar-refractivity contribution in [2.45, 2.75) is 62.4 Å². The molecule has 0 saturated heterocycles. The van der Waals surface area contributed by atoms with Gasteiger partial charge in [0.05, 0.1) is 0 Å². The van der Waals surface area contributed by atoms with Crippen LogP contribution < -0.4 is 11.5 Å². The van der Waals surface area contributed by atoms with E-state index in [1.807, 2.05) is 0 Å². The van der Waals surface area contributed by atoms with Crippen LogP contribution in [0.2, 0.25) is 0 Å². The quantitative estimate of drug-likeness (QED) is 0.798. The topological polar surface area (TPSA) is 52.0 Å². The maximum atomic E-state index is 6.77. The smallest absolute Gasteiger partial charge is 0.0377 e. The highest BCUT2D eigenvalue weighted by atomic mass is 14.9. The average molecular weight is 244 g/mol. The Balaban J connectivity index is 1.97. The summed E-state index contributed by atoms with van der Waals surface area (Å²) in [6.07, 6.45) is 8.34. The van der Waals surface area contributed by atoms with Crippen LogP contribution in [-0.2, 0) is 6.42 Å². The van der Waals surface area contributed by atoms with Gasteiger partial charge in [0.15, 0.2) is 0 Å². The van der Waals surface area contributed by atoms with E-state index in [0.29, 0.717) is 5.92 Å². The van der Waals surface area contributed by atoms with Gasteiger partial charge in [0.2, 0.25) is 0 Å². The van der Waals surface area contributed by atoms with Crippen molar-refractivity contribution in [3.8, 4) is 0 Å². The van der Waals surface area contributed by atoms with Crippen LogP contribution in [0.25, 0.3) is 0 Å². The Hall–Kier alpha value is -0.860. The van der Waals surface area contributed by atoms with Gasteiger partial charge in [0, 0.05) is 17.5 Å². The van der Waals surface area contributed by atoms with E-state index in [1.165, 1.54) is 43.2 Å². The van der Waals surface area contributed by atoms with Crippen molar-refractivity contribution in [3.05, 3.63) is 35.4 Å². The molecule has 0 aliphatic heterocycles. The Morgan fingerprint density at radius 1 is 1.06 bits per heavy atom. The van der Waals surface area contributed by atoms with Crippen molar-refractivity contribution in [1.82, 2.24) is 0 Å². The minimum absolute atomic E-state index is 0.169. The first-order valence-electron chi connectivity index (χ1n) is 7.34. The van der Waals surface area contributed by atoms with Crippen LogP contribution in [0.15, 0.2) is 24.3 Å². The molecule has 0 bridgehead atoms. The highest BCUT2D eigenvalue weighted by Crippen LogP contribution is 2.43. The van der Waals surface area contributed by atoms with Gasteiger partial charge in [-0.25, -0.2) is 0 Å². The molecular weight excluding hydrogens is 220 g/mol. The summed E-state index contributed by atoms with van der Waals surface area (Å²) in [7, 11) is 0. The molecule has 1 aromatic carbocycles. The van der Waals surface area contributed by atoms with E-state index in [4.69, 9.17) is 11.5 Å². The lowest BCUT2D eigenvalue weighted by molar-refractivity contribution is 0.196. The molecule has 3 rings (SSSR count). The Labute approximate surface area is 110 Å². The molecule has 1 aromatic rings. The number of nitrogens with two attached hydrogens (primary N) is 2. The van der Waals surface area contributed by atoms with Crippen LogP contribution in [-0.4, -0.2) is 11.6 Å². The Morgan fingerprint density at radius 3 is 2.72 bits per heavy atom. The van der Waals surface area contributed by atoms with Crippen molar-refractivity contribution in [3.63, 3.8) is 0 Å². The lowest BCUT2D eigenvalue weighted by Crippen LogP contribution is -2.61. The van der Waals surface area contributed by atoms with E-state index in [-0.39, 0.29) is 11.6 Å². The summed E-state index contributed by atoms with van der Waals surface area (Å²) in [5.74, 6) is 0.470. The fourth-order valence-corrected chi connectivity index (χ4v) is 3.99. The number of hydrogen-bond donors (Lipinski definition) is 2. The molecule has 1 saturated carbocycles. The second-order valence-electron chi connectivity index (χ2n) is 6.11. The van der Waals surface area contributed by atoms with Gasteiger partial charge in [0.1, 0.15) is 0 Å². The first kappa shape index (κ1) is 12.2. The number of hydrogen-bond acceptors (Lipinski definition) is 2. The summed E-state index contributed by atoms with van der Waals surface area (Å²) in [4.78, 5) is 0. The van der Waals surface area contributed by atoms with Crippen molar-refractivity contribution in [1.29, 1.82) is 0 Å². The maximum Gasteiger partial charge on any atom is 0.0377 e. The number of rotatable bonds is 1.